The van der Waals surface area contributed by atoms with Crippen LogP contribution in [0.2, 0.25) is 0 Å². The number of para-hydroxylation sites is 1. The predicted molar refractivity (Wildman–Crippen MR) is 86.2 cm³/mol. The molecule has 0 saturated heterocycles. The van der Waals surface area contributed by atoms with Crippen LogP contribution in [0.3, 0.4) is 0 Å². The highest BCUT2D eigenvalue weighted by Crippen LogP contribution is 2.39. The van der Waals surface area contributed by atoms with E-state index in [0.29, 0.717) is 12.5 Å². The van der Waals surface area contributed by atoms with Crippen LogP contribution in [0.25, 0.3) is 16.6 Å². The van der Waals surface area contributed by atoms with Gasteiger partial charge in [-0.2, -0.15) is 0 Å². The molecule has 0 aliphatic heterocycles. The molecule has 0 unspecified atom stereocenters. The van der Waals surface area contributed by atoms with Crippen LogP contribution in [-0.2, 0) is 6.54 Å². The Kier molecular flexibility index (Phi) is 2.89. The fourth-order valence-electron chi connectivity index (χ4n) is 2.73. The summed E-state index contributed by atoms with van der Waals surface area (Å²) >= 11 is 0. The molecular weight excluding hydrogens is 276 g/mol. The van der Waals surface area contributed by atoms with Gasteiger partial charge >= 0.3 is 5.69 Å². The van der Waals surface area contributed by atoms with Crippen molar-refractivity contribution in [2.75, 3.05) is 0 Å². The van der Waals surface area contributed by atoms with Crippen LogP contribution < -0.4 is 5.69 Å². The van der Waals surface area contributed by atoms with Crippen molar-refractivity contribution >= 4 is 16.6 Å². The normalized spacial score (nSPS) is 14.6. The van der Waals surface area contributed by atoms with Gasteiger partial charge in [0.1, 0.15) is 5.82 Å². The molecule has 5 nitrogen and oxygen atoms in total. The van der Waals surface area contributed by atoms with Gasteiger partial charge in [-0.3, -0.25) is 0 Å². The highest BCUT2D eigenvalue weighted by atomic mass is 16.2. The topological polar surface area (TPSA) is 52.2 Å². The molecule has 0 atom stereocenters. The van der Waals surface area contributed by atoms with Crippen LogP contribution >= 0.6 is 0 Å². The van der Waals surface area contributed by atoms with Crippen LogP contribution in [0.5, 0.6) is 0 Å². The number of rotatable bonds is 3. The Hall–Kier alpha value is -2.43. The molecule has 0 radical (unpaired) electrons. The fourth-order valence-corrected chi connectivity index (χ4v) is 2.73. The first-order valence-electron chi connectivity index (χ1n) is 7.67. The fraction of sp³-hybridized carbons (Fsp3) is 0.353. The van der Waals surface area contributed by atoms with Gasteiger partial charge in [0.2, 0.25) is 0 Å². The minimum atomic E-state index is -0.0901. The van der Waals surface area contributed by atoms with Gasteiger partial charge in [-0.05, 0) is 38.8 Å². The Morgan fingerprint density at radius 2 is 2.09 bits per heavy atom. The Morgan fingerprint density at radius 1 is 1.32 bits per heavy atom. The zero-order chi connectivity index (χ0) is 15.3. The van der Waals surface area contributed by atoms with Crippen molar-refractivity contribution in [2.24, 2.45) is 0 Å². The molecule has 0 bridgehead atoms. The Labute approximate surface area is 127 Å². The van der Waals surface area contributed by atoms with Crippen molar-refractivity contribution in [3.8, 4) is 0 Å². The summed E-state index contributed by atoms with van der Waals surface area (Å²) in [7, 11) is 0. The molecule has 3 aromatic rings. The Balaban J connectivity index is 2.04. The highest BCUT2D eigenvalue weighted by Gasteiger charge is 2.30. The molecule has 1 aliphatic carbocycles. The number of hydrogen-bond donors (Lipinski definition) is 0. The number of benzene rings is 1. The molecule has 0 spiro atoms. The number of allylic oxidation sites excluding steroid dienone is 2. The maximum Gasteiger partial charge on any atom is 0.352 e. The van der Waals surface area contributed by atoms with E-state index in [-0.39, 0.29) is 5.69 Å². The molecule has 0 amide bonds. The number of aromatic nitrogens is 4. The SMILES string of the molecule is CC(C)=CCn1nc2c3ccccc3nc(C3CC3)n2c1=O. The van der Waals surface area contributed by atoms with Crippen LogP contribution in [-0.4, -0.2) is 19.2 Å². The summed E-state index contributed by atoms with van der Waals surface area (Å²) in [5.74, 6) is 1.26. The summed E-state index contributed by atoms with van der Waals surface area (Å²) in [5.41, 5.74) is 2.72. The molecule has 112 valence electrons. The van der Waals surface area contributed by atoms with Crippen LogP contribution in [0.4, 0.5) is 0 Å². The lowest BCUT2D eigenvalue weighted by molar-refractivity contribution is 0.664. The second-order valence-corrected chi connectivity index (χ2v) is 6.17. The van der Waals surface area contributed by atoms with Gasteiger partial charge in [0.05, 0.1) is 12.1 Å². The third-order valence-corrected chi connectivity index (χ3v) is 4.06. The van der Waals surface area contributed by atoms with E-state index in [4.69, 9.17) is 4.98 Å². The molecule has 2 aromatic heterocycles. The lowest BCUT2D eigenvalue weighted by Gasteiger charge is -2.04. The minimum absolute atomic E-state index is 0.0901. The number of nitrogens with zero attached hydrogens (tertiary/aromatic N) is 4. The van der Waals surface area contributed by atoms with E-state index in [9.17, 15) is 4.79 Å². The van der Waals surface area contributed by atoms with E-state index in [0.717, 1.165) is 35.2 Å². The van der Waals surface area contributed by atoms with Gasteiger partial charge in [-0.25, -0.2) is 18.9 Å². The molecule has 1 saturated carbocycles. The van der Waals surface area contributed by atoms with E-state index in [1.54, 1.807) is 4.40 Å². The third-order valence-electron chi connectivity index (χ3n) is 4.06. The van der Waals surface area contributed by atoms with Crippen LogP contribution in [0, 0.1) is 0 Å². The standard InChI is InChI=1S/C17H18N4O/c1-11(2)9-10-20-17(22)21-15(12-7-8-12)18-14-6-4-3-5-13(14)16(21)19-20/h3-6,9,12H,7-8,10H2,1-2H3. The van der Waals surface area contributed by atoms with Crippen molar-refractivity contribution in [3.05, 3.63) is 52.2 Å². The maximum atomic E-state index is 12.7. The van der Waals surface area contributed by atoms with E-state index in [2.05, 4.69) is 5.10 Å². The lowest BCUT2D eigenvalue weighted by Crippen LogP contribution is -2.23. The molecule has 0 N–H and O–H groups in total. The first kappa shape index (κ1) is 13.2. The van der Waals surface area contributed by atoms with Gasteiger partial charge in [-0.1, -0.05) is 23.8 Å². The second-order valence-electron chi connectivity index (χ2n) is 6.17. The summed E-state index contributed by atoms with van der Waals surface area (Å²) in [5, 5.41) is 5.50. The molecule has 1 aliphatic rings. The second kappa shape index (κ2) is 4.80. The molecule has 4 rings (SSSR count). The van der Waals surface area contributed by atoms with Gasteiger partial charge in [0.15, 0.2) is 5.65 Å². The van der Waals surface area contributed by atoms with Gasteiger partial charge in [0, 0.05) is 11.3 Å². The quantitative estimate of drug-likeness (QED) is 0.698. The summed E-state index contributed by atoms with van der Waals surface area (Å²) in [4.78, 5) is 17.5. The Bertz CT molecular complexity index is 956. The Morgan fingerprint density at radius 3 is 2.82 bits per heavy atom. The number of hydrogen-bond acceptors (Lipinski definition) is 3. The van der Waals surface area contributed by atoms with E-state index >= 15 is 0 Å². The highest BCUT2D eigenvalue weighted by molar-refractivity contribution is 5.91. The zero-order valence-corrected chi connectivity index (χ0v) is 12.8. The first-order valence-corrected chi connectivity index (χ1v) is 7.67. The summed E-state index contributed by atoms with van der Waals surface area (Å²) in [6.07, 6.45) is 4.22. The molecule has 22 heavy (non-hydrogen) atoms. The summed E-state index contributed by atoms with van der Waals surface area (Å²) in [6, 6.07) is 7.90. The van der Waals surface area contributed by atoms with E-state index in [1.165, 1.54) is 10.3 Å². The molecular formula is C17H18N4O. The smallest absolute Gasteiger partial charge is 0.245 e. The van der Waals surface area contributed by atoms with Crippen molar-refractivity contribution in [3.63, 3.8) is 0 Å². The van der Waals surface area contributed by atoms with Crippen molar-refractivity contribution in [1.29, 1.82) is 0 Å². The van der Waals surface area contributed by atoms with E-state index in [1.807, 2.05) is 44.2 Å². The predicted octanol–water partition coefficient (Wildman–Crippen LogP) is 2.89. The molecule has 1 fully saturated rings. The van der Waals surface area contributed by atoms with Gasteiger partial charge in [-0.15, -0.1) is 5.10 Å². The summed E-state index contributed by atoms with van der Waals surface area (Å²) < 4.78 is 3.24. The third kappa shape index (κ3) is 2.04. The lowest BCUT2D eigenvalue weighted by atomic mass is 10.2. The van der Waals surface area contributed by atoms with Crippen molar-refractivity contribution in [2.45, 2.75) is 39.2 Å². The molecule has 2 heterocycles. The maximum absolute atomic E-state index is 12.7. The average molecular weight is 294 g/mol. The largest absolute Gasteiger partial charge is 0.352 e. The van der Waals surface area contributed by atoms with Crippen molar-refractivity contribution < 1.29 is 0 Å². The zero-order valence-electron chi connectivity index (χ0n) is 12.8. The summed E-state index contributed by atoms with van der Waals surface area (Å²) in [6.45, 7) is 4.54. The minimum Gasteiger partial charge on any atom is -0.245 e. The molecule has 1 aromatic carbocycles. The average Bonchev–Trinajstić information content (AvgIpc) is 3.29. The van der Waals surface area contributed by atoms with Gasteiger partial charge < -0.3 is 0 Å². The van der Waals surface area contributed by atoms with Crippen LogP contribution in [0.15, 0.2) is 40.7 Å². The first-order chi connectivity index (χ1) is 10.6. The van der Waals surface area contributed by atoms with Gasteiger partial charge in [0.25, 0.3) is 0 Å². The van der Waals surface area contributed by atoms with Crippen molar-refractivity contribution in [1.82, 2.24) is 19.2 Å². The molecule has 5 heteroatoms. The van der Waals surface area contributed by atoms with Crippen LogP contribution in [0.1, 0.15) is 38.4 Å². The monoisotopic (exact) mass is 294 g/mol. The van der Waals surface area contributed by atoms with E-state index < -0.39 is 0 Å². The number of fused-ring (bicyclic) bond motifs is 3.